The predicted molar refractivity (Wildman–Crippen MR) is 163 cm³/mol. The minimum Gasteiger partial charge on any atom is -0.493 e. The van der Waals surface area contributed by atoms with Crippen LogP contribution in [0.2, 0.25) is 0 Å². The Labute approximate surface area is 234 Å². The average Bonchev–Trinajstić information content (AvgIpc) is 3.62. The second-order valence-electron chi connectivity index (χ2n) is 9.64. The first kappa shape index (κ1) is 25.4. The van der Waals surface area contributed by atoms with Crippen LogP contribution in [0, 0.1) is 0 Å². The molecule has 0 N–H and O–H groups in total. The van der Waals surface area contributed by atoms with Gasteiger partial charge in [-0.3, -0.25) is 0 Å². The lowest BCUT2D eigenvalue weighted by molar-refractivity contribution is 0.322. The van der Waals surface area contributed by atoms with Crippen molar-refractivity contribution in [2.45, 2.75) is 26.7 Å². The van der Waals surface area contributed by atoms with Gasteiger partial charge >= 0.3 is 0 Å². The van der Waals surface area contributed by atoms with Crippen molar-refractivity contribution in [1.29, 1.82) is 0 Å². The van der Waals surface area contributed by atoms with E-state index in [1.807, 2.05) is 43.3 Å². The number of allylic oxidation sites excluding steroid dienone is 3. The van der Waals surface area contributed by atoms with Crippen LogP contribution in [0.3, 0.4) is 0 Å². The van der Waals surface area contributed by atoms with Crippen LogP contribution in [-0.2, 0) is 0 Å². The van der Waals surface area contributed by atoms with Crippen molar-refractivity contribution in [2.75, 3.05) is 6.61 Å². The Bertz CT molecular complexity index is 1770. The number of fused-ring (bicyclic) bond motifs is 3. The monoisotopic (exact) mass is 525 g/mol. The molecule has 0 bridgehead atoms. The molecule has 0 saturated carbocycles. The van der Waals surface area contributed by atoms with Crippen LogP contribution in [0.25, 0.3) is 50.4 Å². The zero-order valence-electron chi connectivity index (χ0n) is 22.7. The van der Waals surface area contributed by atoms with Crippen molar-refractivity contribution in [3.63, 3.8) is 0 Å². The molecule has 5 heteroatoms. The fraction of sp³-hybridized carbons (Fsp3) is 0.143. The van der Waals surface area contributed by atoms with E-state index >= 15 is 0 Å². The molecule has 198 valence electrons. The Morgan fingerprint density at radius 1 is 0.800 bits per heavy atom. The van der Waals surface area contributed by atoms with Crippen LogP contribution >= 0.6 is 0 Å². The van der Waals surface area contributed by atoms with Gasteiger partial charge in [-0.05, 0) is 73.5 Å². The molecule has 5 nitrogen and oxygen atoms in total. The van der Waals surface area contributed by atoms with Crippen molar-refractivity contribution in [1.82, 2.24) is 14.8 Å². The molecule has 0 aliphatic heterocycles. The van der Waals surface area contributed by atoms with E-state index < -0.39 is 0 Å². The molecule has 2 heterocycles. The maximum Gasteiger partial charge on any atom is 0.248 e. The van der Waals surface area contributed by atoms with Gasteiger partial charge in [0.05, 0.1) is 17.6 Å². The van der Waals surface area contributed by atoms with Gasteiger partial charge in [0.2, 0.25) is 11.8 Å². The number of para-hydroxylation sites is 2. The Hall–Kier alpha value is -4.90. The Kier molecular flexibility index (Phi) is 7.27. The Balaban J connectivity index is 1.21. The highest BCUT2D eigenvalue weighted by Gasteiger charge is 2.14. The second-order valence-corrected chi connectivity index (χ2v) is 9.64. The summed E-state index contributed by atoms with van der Waals surface area (Å²) < 4.78 is 14.4. The summed E-state index contributed by atoms with van der Waals surface area (Å²) in [4.78, 5) is 0. The standard InChI is InChI=1S/C35H31N3O2/c1-3-10-25(11-4-2)22-23-39-29-13-9-12-27(24-29)35-37-36-34(40-35)26-18-20-28(21-19-26)38-32-16-7-5-14-30(32)31-15-6-8-17-33(31)38/h3,5-21,24H,4,22-23H2,1-2H3. The number of nitrogens with zero attached hydrogens (tertiary/aromatic N) is 3. The van der Waals surface area contributed by atoms with E-state index in [0.717, 1.165) is 35.4 Å². The molecular formula is C35H31N3O2. The molecule has 0 atom stereocenters. The number of ether oxygens (including phenoxy) is 1. The smallest absolute Gasteiger partial charge is 0.248 e. The molecule has 0 saturated heterocycles. The fourth-order valence-corrected chi connectivity index (χ4v) is 5.15. The van der Waals surface area contributed by atoms with Crippen molar-refractivity contribution in [3.8, 4) is 34.3 Å². The van der Waals surface area contributed by atoms with E-state index in [4.69, 9.17) is 9.15 Å². The summed E-state index contributed by atoms with van der Waals surface area (Å²) in [5.41, 5.74) is 6.42. The normalized spacial score (nSPS) is 12.1. The van der Waals surface area contributed by atoms with Crippen LogP contribution in [0.4, 0.5) is 0 Å². The number of rotatable bonds is 9. The average molecular weight is 526 g/mol. The van der Waals surface area contributed by atoms with Gasteiger partial charge in [0, 0.05) is 34.0 Å². The van der Waals surface area contributed by atoms with Crippen molar-refractivity contribution in [3.05, 3.63) is 121 Å². The maximum atomic E-state index is 6.09. The van der Waals surface area contributed by atoms with Gasteiger partial charge in [-0.25, -0.2) is 0 Å². The summed E-state index contributed by atoms with van der Waals surface area (Å²) in [5, 5.41) is 11.1. The lowest BCUT2D eigenvalue weighted by atomic mass is 10.1. The first-order chi connectivity index (χ1) is 19.7. The van der Waals surface area contributed by atoms with Crippen LogP contribution in [-0.4, -0.2) is 21.4 Å². The SMILES string of the molecule is CC=CC(=CCC)CCOc1cccc(-c2nnc(-c3ccc(-n4c5ccccc5c5ccccc54)cc3)o2)c1. The lowest BCUT2D eigenvalue weighted by Gasteiger charge is -2.08. The largest absolute Gasteiger partial charge is 0.493 e. The molecule has 2 aromatic heterocycles. The zero-order valence-corrected chi connectivity index (χ0v) is 22.7. The summed E-state index contributed by atoms with van der Waals surface area (Å²) >= 11 is 0. The Morgan fingerprint density at radius 2 is 1.48 bits per heavy atom. The molecule has 0 spiro atoms. The van der Waals surface area contributed by atoms with E-state index in [9.17, 15) is 0 Å². The van der Waals surface area contributed by atoms with Gasteiger partial charge in [-0.2, -0.15) is 0 Å². The number of aromatic nitrogens is 3. The van der Waals surface area contributed by atoms with Gasteiger partial charge in [0.1, 0.15) is 5.75 Å². The number of hydrogen-bond acceptors (Lipinski definition) is 4. The van der Waals surface area contributed by atoms with Crippen LogP contribution < -0.4 is 4.74 Å². The number of hydrogen-bond donors (Lipinski definition) is 0. The van der Waals surface area contributed by atoms with Gasteiger partial charge in [-0.15, -0.1) is 10.2 Å². The van der Waals surface area contributed by atoms with Crippen molar-refractivity contribution < 1.29 is 9.15 Å². The van der Waals surface area contributed by atoms with Gasteiger partial charge in [-0.1, -0.05) is 67.6 Å². The highest BCUT2D eigenvalue weighted by molar-refractivity contribution is 6.09. The highest BCUT2D eigenvalue weighted by Crippen LogP contribution is 2.33. The van der Waals surface area contributed by atoms with Crippen LogP contribution in [0.5, 0.6) is 5.75 Å². The first-order valence-corrected chi connectivity index (χ1v) is 13.7. The third-order valence-electron chi connectivity index (χ3n) is 6.97. The third kappa shape index (κ3) is 5.06. The summed E-state index contributed by atoms with van der Waals surface area (Å²) in [6.45, 7) is 4.78. The molecule has 6 rings (SSSR count). The summed E-state index contributed by atoms with van der Waals surface area (Å²) in [5.74, 6) is 1.73. The number of benzene rings is 4. The van der Waals surface area contributed by atoms with Crippen molar-refractivity contribution >= 4 is 21.8 Å². The predicted octanol–water partition coefficient (Wildman–Crippen LogP) is 9.18. The molecule has 0 fully saturated rings. The maximum absolute atomic E-state index is 6.09. The molecule has 0 radical (unpaired) electrons. The molecule has 0 amide bonds. The van der Waals surface area contributed by atoms with E-state index in [-0.39, 0.29) is 0 Å². The lowest BCUT2D eigenvalue weighted by Crippen LogP contribution is -1.98. The highest BCUT2D eigenvalue weighted by atomic mass is 16.5. The van der Waals surface area contributed by atoms with Gasteiger partial charge in [0.25, 0.3) is 0 Å². The van der Waals surface area contributed by atoms with Gasteiger partial charge in [0.15, 0.2) is 0 Å². The van der Waals surface area contributed by atoms with Gasteiger partial charge < -0.3 is 13.7 Å². The molecule has 40 heavy (non-hydrogen) atoms. The molecule has 6 aromatic rings. The molecule has 0 aliphatic carbocycles. The van der Waals surface area contributed by atoms with Crippen LogP contribution in [0.1, 0.15) is 26.7 Å². The topological polar surface area (TPSA) is 53.1 Å². The summed E-state index contributed by atoms with van der Waals surface area (Å²) in [6, 6.07) is 33.1. The van der Waals surface area contributed by atoms with E-state index in [1.165, 1.54) is 27.4 Å². The molecular weight excluding hydrogens is 494 g/mol. The van der Waals surface area contributed by atoms with E-state index in [2.05, 4.69) is 101 Å². The molecule has 0 unspecified atom stereocenters. The Morgan fingerprint density at radius 3 is 2.15 bits per heavy atom. The third-order valence-corrected chi connectivity index (χ3v) is 6.97. The summed E-state index contributed by atoms with van der Waals surface area (Å²) in [7, 11) is 0. The summed E-state index contributed by atoms with van der Waals surface area (Å²) in [6.07, 6.45) is 8.30. The van der Waals surface area contributed by atoms with Crippen LogP contribution in [0.15, 0.2) is 125 Å². The van der Waals surface area contributed by atoms with E-state index in [1.54, 1.807) is 0 Å². The first-order valence-electron chi connectivity index (χ1n) is 13.7. The van der Waals surface area contributed by atoms with E-state index in [0.29, 0.717) is 18.4 Å². The minimum absolute atomic E-state index is 0.465. The fourth-order valence-electron chi connectivity index (χ4n) is 5.15. The quantitative estimate of drug-likeness (QED) is 0.177. The van der Waals surface area contributed by atoms with Crippen molar-refractivity contribution in [2.24, 2.45) is 0 Å². The molecule has 4 aromatic carbocycles. The minimum atomic E-state index is 0.465. The zero-order chi connectivity index (χ0) is 27.3. The molecule has 0 aliphatic rings. The second kappa shape index (κ2) is 11.5.